The first-order valence-corrected chi connectivity index (χ1v) is 8.68. The van der Waals surface area contributed by atoms with E-state index in [0.717, 1.165) is 10.6 Å². The predicted molar refractivity (Wildman–Crippen MR) is 97.7 cm³/mol. The molecule has 0 unspecified atom stereocenters. The van der Waals surface area contributed by atoms with Crippen molar-refractivity contribution < 1.29 is 9.59 Å². The largest absolute Gasteiger partial charge is 0.348 e. The Bertz CT molecular complexity index is 827. The molecule has 0 saturated heterocycles. The second-order valence-electron chi connectivity index (χ2n) is 5.54. The second-order valence-corrected chi connectivity index (χ2v) is 6.52. The third-order valence-electron chi connectivity index (χ3n) is 3.61. The number of anilines is 1. The summed E-state index contributed by atoms with van der Waals surface area (Å²) in [7, 11) is 0. The molecule has 25 heavy (non-hydrogen) atoms. The molecule has 2 aromatic heterocycles. The topological polar surface area (TPSA) is 76.0 Å². The smallest absolute Gasteiger partial charge is 0.226 e. The molecular weight excluding hydrogens is 336 g/mol. The van der Waals surface area contributed by atoms with Gasteiger partial charge in [0.25, 0.3) is 0 Å². The molecule has 2 amide bonds. The highest BCUT2D eigenvalue weighted by Crippen LogP contribution is 2.23. The summed E-state index contributed by atoms with van der Waals surface area (Å²) in [5.41, 5.74) is 1.67. The third-order valence-corrected chi connectivity index (χ3v) is 4.59. The van der Waals surface area contributed by atoms with E-state index in [4.69, 9.17) is 0 Å². The monoisotopic (exact) mass is 354 g/mol. The van der Waals surface area contributed by atoms with Gasteiger partial charge in [0, 0.05) is 35.6 Å². The van der Waals surface area contributed by atoms with Crippen LogP contribution in [0.4, 0.5) is 5.69 Å². The highest BCUT2D eigenvalue weighted by atomic mass is 32.1. The van der Waals surface area contributed by atoms with Crippen LogP contribution in [0, 0.1) is 0 Å². The predicted octanol–water partition coefficient (Wildman–Crippen LogP) is 3.14. The minimum Gasteiger partial charge on any atom is -0.348 e. The van der Waals surface area contributed by atoms with Crippen molar-refractivity contribution in [2.24, 2.45) is 0 Å². The highest BCUT2D eigenvalue weighted by molar-refractivity contribution is 7.10. The Hall–Kier alpha value is -2.93. The average Bonchev–Trinajstić information content (AvgIpc) is 3.28. The first kappa shape index (κ1) is 16.9. The fourth-order valence-electron chi connectivity index (χ4n) is 2.48. The number of imidazole rings is 1. The van der Waals surface area contributed by atoms with Crippen LogP contribution in [-0.4, -0.2) is 21.4 Å². The first-order valence-electron chi connectivity index (χ1n) is 7.80. The van der Waals surface area contributed by atoms with Crippen LogP contribution < -0.4 is 10.6 Å². The molecule has 7 heteroatoms. The molecule has 0 bridgehead atoms. The molecule has 0 aliphatic heterocycles. The number of thiophene rings is 1. The average molecular weight is 354 g/mol. The van der Waals surface area contributed by atoms with Crippen LogP contribution >= 0.6 is 11.3 Å². The fourth-order valence-corrected chi connectivity index (χ4v) is 3.26. The van der Waals surface area contributed by atoms with Crippen LogP contribution in [0.1, 0.15) is 24.3 Å². The van der Waals surface area contributed by atoms with Crippen LogP contribution in [0.15, 0.2) is 60.5 Å². The van der Waals surface area contributed by atoms with E-state index >= 15 is 0 Å². The van der Waals surface area contributed by atoms with Crippen LogP contribution in [0.3, 0.4) is 0 Å². The van der Waals surface area contributed by atoms with Gasteiger partial charge in [0.15, 0.2) is 0 Å². The molecule has 0 spiro atoms. The zero-order valence-corrected chi connectivity index (χ0v) is 14.5. The highest BCUT2D eigenvalue weighted by Gasteiger charge is 2.18. The van der Waals surface area contributed by atoms with E-state index in [1.807, 2.05) is 52.5 Å². The maximum atomic E-state index is 12.3. The van der Waals surface area contributed by atoms with Crippen molar-refractivity contribution in [1.29, 1.82) is 0 Å². The lowest BCUT2D eigenvalue weighted by molar-refractivity contribution is -0.120. The molecule has 6 nitrogen and oxygen atoms in total. The van der Waals surface area contributed by atoms with Crippen molar-refractivity contribution in [3.63, 3.8) is 0 Å². The summed E-state index contributed by atoms with van der Waals surface area (Å²) in [5, 5.41) is 7.62. The van der Waals surface area contributed by atoms with Crippen molar-refractivity contribution in [1.82, 2.24) is 14.9 Å². The Morgan fingerprint density at radius 1 is 1.24 bits per heavy atom. The summed E-state index contributed by atoms with van der Waals surface area (Å²) in [6.07, 6.45) is 5.46. The number of benzene rings is 1. The molecule has 3 rings (SSSR count). The molecule has 3 aromatic rings. The van der Waals surface area contributed by atoms with E-state index in [1.54, 1.807) is 12.5 Å². The van der Waals surface area contributed by atoms with E-state index in [-0.39, 0.29) is 24.3 Å². The first-order chi connectivity index (χ1) is 12.1. The Morgan fingerprint density at radius 3 is 2.64 bits per heavy atom. The van der Waals surface area contributed by atoms with Crippen molar-refractivity contribution in [2.45, 2.75) is 19.4 Å². The quantitative estimate of drug-likeness (QED) is 0.714. The third kappa shape index (κ3) is 4.54. The van der Waals surface area contributed by atoms with E-state index in [9.17, 15) is 9.59 Å². The van der Waals surface area contributed by atoms with Gasteiger partial charge in [-0.05, 0) is 35.7 Å². The number of nitrogens with one attached hydrogen (secondary N) is 2. The van der Waals surface area contributed by atoms with Crippen LogP contribution in [-0.2, 0) is 9.59 Å². The molecule has 1 aromatic carbocycles. The van der Waals surface area contributed by atoms with Gasteiger partial charge in [0.1, 0.15) is 0 Å². The minimum atomic E-state index is -0.317. The van der Waals surface area contributed by atoms with Crippen LogP contribution in [0.5, 0.6) is 0 Å². The van der Waals surface area contributed by atoms with Gasteiger partial charge in [0.2, 0.25) is 11.8 Å². The molecule has 0 fully saturated rings. The second kappa shape index (κ2) is 7.76. The van der Waals surface area contributed by atoms with Crippen LogP contribution in [0.25, 0.3) is 5.69 Å². The molecule has 128 valence electrons. The van der Waals surface area contributed by atoms with Gasteiger partial charge >= 0.3 is 0 Å². The summed E-state index contributed by atoms with van der Waals surface area (Å²) in [6.45, 7) is 1.45. The molecule has 0 radical (unpaired) electrons. The SMILES string of the molecule is CC(=O)N[C@@H](CC(=O)Nc1ccc(-n2ccnc2)cc1)c1cccs1. The number of nitrogens with zero attached hydrogens (tertiary/aromatic N) is 2. The Balaban J connectivity index is 1.63. The van der Waals surface area contributed by atoms with E-state index < -0.39 is 0 Å². The van der Waals surface area contributed by atoms with Gasteiger partial charge in [-0.1, -0.05) is 6.07 Å². The lowest BCUT2D eigenvalue weighted by atomic mass is 10.1. The summed E-state index contributed by atoms with van der Waals surface area (Å²) in [4.78, 5) is 28.7. The zero-order valence-electron chi connectivity index (χ0n) is 13.7. The van der Waals surface area contributed by atoms with E-state index in [1.165, 1.54) is 18.3 Å². The summed E-state index contributed by atoms with van der Waals surface area (Å²) < 4.78 is 1.88. The van der Waals surface area contributed by atoms with Gasteiger partial charge in [0.05, 0.1) is 18.8 Å². The van der Waals surface area contributed by atoms with Gasteiger partial charge in [-0.2, -0.15) is 0 Å². The summed E-state index contributed by atoms with van der Waals surface area (Å²) in [6, 6.07) is 11.0. The molecular formula is C18H18N4O2S. The van der Waals surface area contributed by atoms with Crippen molar-refractivity contribution in [2.75, 3.05) is 5.32 Å². The number of carbonyl (C=O) groups excluding carboxylic acids is 2. The number of carbonyl (C=O) groups is 2. The molecule has 0 saturated carbocycles. The van der Waals surface area contributed by atoms with Gasteiger partial charge in [-0.25, -0.2) is 4.98 Å². The molecule has 1 atom stereocenters. The van der Waals surface area contributed by atoms with Gasteiger partial charge in [-0.3, -0.25) is 9.59 Å². The Labute approximate surface area is 149 Å². The number of rotatable bonds is 6. The number of amides is 2. The lowest BCUT2D eigenvalue weighted by Gasteiger charge is -2.16. The molecule has 0 aliphatic rings. The number of hydrogen-bond donors (Lipinski definition) is 2. The minimum absolute atomic E-state index is 0.150. The Morgan fingerprint density at radius 2 is 2.04 bits per heavy atom. The van der Waals surface area contributed by atoms with Gasteiger partial charge < -0.3 is 15.2 Å². The van der Waals surface area contributed by atoms with Gasteiger partial charge in [-0.15, -0.1) is 11.3 Å². The molecule has 0 aliphatic carbocycles. The van der Waals surface area contributed by atoms with Crippen molar-refractivity contribution in [3.8, 4) is 5.69 Å². The zero-order chi connectivity index (χ0) is 17.6. The fraction of sp³-hybridized carbons (Fsp3) is 0.167. The number of aromatic nitrogens is 2. The molecule has 2 N–H and O–H groups in total. The van der Waals surface area contributed by atoms with Crippen LogP contribution in [0.2, 0.25) is 0 Å². The van der Waals surface area contributed by atoms with E-state index in [0.29, 0.717) is 5.69 Å². The number of hydrogen-bond acceptors (Lipinski definition) is 4. The van der Waals surface area contributed by atoms with E-state index in [2.05, 4.69) is 15.6 Å². The van der Waals surface area contributed by atoms with Crippen molar-refractivity contribution in [3.05, 3.63) is 65.4 Å². The summed E-state index contributed by atoms with van der Waals surface area (Å²) >= 11 is 1.52. The lowest BCUT2D eigenvalue weighted by Crippen LogP contribution is -2.29. The summed E-state index contributed by atoms with van der Waals surface area (Å²) in [5.74, 6) is -0.307. The maximum absolute atomic E-state index is 12.3. The normalized spacial score (nSPS) is 11.7. The van der Waals surface area contributed by atoms with Crippen molar-refractivity contribution >= 4 is 28.8 Å². The maximum Gasteiger partial charge on any atom is 0.226 e. The Kier molecular flexibility index (Phi) is 5.25. The molecule has 2 heterocycles. The standard InChI is InChI=1S/C18H18N4O2S/c1-13(23)20-16(17-3-2-10-25-17)11-18(24)21-14-4-6-15(7-5-14)22-9-8-19-12-22/h2-10,12,16H,11H2,1H3,(H,20,23)(H,21,24)/t16-/m0/s1.